The van der Waals surface area contributed by atoms with Crippen LogP contribution >= 0.6 is 0 Å². The van der Waals surface area contributed by atoms with Crippen LogP contribution in [0.1, 0.15) is 29.9 Å². The third-order valence-electron chi connectivity index (χ3n) is 4.89. The summed E-state index contributed by atoms with van der Waals surface area (Å²) in [6.45, 7) is 2.74. The minimum atomic E-state index is 0.548. The molecule has 1 aliphatic rings. The highest BCUT2D eigenvalue weighted by molar-refractivity contribution is 5.91. The molecule has 0 radical (unpaired) electrons. The molecule has 1 fully saturated rings. The maximum atomic E-state index is 5.95. The molecule has 23 heavy (non-hydrogen) atoms. The van der Waals surface area contributed by atoms with Gasteiger partial charge in [0.25, 0.3) is 0 Å². The Kier molecular flexibility index (Phi) is 3.67. The van der Waals surface area contributed by atoms with Crippen LogP contribution in [0.15, 0.2) is 30.6 Å². The second-order valence-corrected chi connectivity index (χ2v) is 6.44. The maximum absolute atomic E-state index is 5.95. The zero-order chi connectivity index (χ0) is 15.8. The van der Waals surface area contributed by atoms with Crippen LogP contribution in [-0.4, -0.2) is 27.9 Å². The molecule has 5 heteroatoms. The van der Waals surface area contributed by atoms with E-state index >= 15 is 0 Å². The predicted octanol–water partition coefficient (Wildman–Crippen LogP) is 2.49. The van der Waals surface area contributed by atoms with Crippen LogP contribution in [0.3, 0.4) is 0 Å². The standard InChI is InChI=1S/C18H23N5/c1-23-11-14(10-21-23)17-7-16-15(13-3-2-6-20-9-13)5-4-12(8-19)18(16)22-17/h4-5,7,10-11,13,20,22H,2-3,6,8-9,19H2,1H3. The van der Waals surface area contributed by atoms with E-state index in [4.69, 9.17) is 5.73 Å². The number of piperidine rings is 1. The van der Waals surface area contributed by atoms with Crippen molar-refractivity contribution < 1.29 is 0 Å². The number of benzene rings is 1. The summed E-state index contributed by atoms with van der Waals surface area (Å²) in [6.07, 6.45) is 6.42. The Bertz CT molecular complexity index is 823. The van der Waals surface area contributed by atoms with Crippen molar-refractivity contribution in [1.29, 1.82) is 0 Å². The first-order valence-electron chi connectivity index (χ1n) is 8.30. The van der Waals surface area contributed by atoms with Gasteiger partial charge >= 0.3 is 0 Å². The molecule has 1 atom stereocenters. The number of aromatic nitrogens is 3. The van der Waals surface area contributed by atoms with Crippen molar-refractivity contribution in [1.82, 2.24) is 20.1 Å². The van der Waals surface area contributed by atoms with E-state index in [0.29, 0.717) is 12.5 Å². The summed E-state index contributed by atoms with van der Waals surface area (Å²) >= 11 is 0. The van der Waals surface area contributed by atoms with Gasteiger partial charge in [0.1, 0.15) is 0 Å². The van der Waals surface area contributed by atoms with Crippen molar-refractivity contribution >= 4 is 10.9 Å². The lowest BCUT2D eigenvalue weighted by Gasteiger charge is -2.24. The molecular formula is C18H23N5. The Morgan fingerprint density at radius 1 is 1.39 bits per heavy atom. The Morgan fingerprint density at radius 2 is 2.30 bits per heavy atom. The van der Waals surface area contributed by atoms with E-state index in [1.165, 1.54) is 34.9 Å². The molecular weight excluding hydrogens is 286 g/mol. The summed E-state index contributed by atoms with van der Waals surface area (Å²) in [5, 5.41) is 9.11. The van der Waals surface area contributed by atoms with Crippen molar-refractivity contribution in [2.24, 2.45) is 12.8 Å². The van der Waals surface area contributed by atoms with Gasteiger partial charge in [-0.1, -0.05) is 12.1 Å². The summed E-state index contributed by atoms with van der Waals surface area (Å²) in [4.78, 5) is 3.57. The average Bonchev–Trinajstić information content (AvgIpc) is 3.21. The fraction of sp³-hybridized carbons (Fsp3) is 0.389. The number of aryl methyl sites for hydroxylation is 1. The first-order chi connectivity index (χ1) is 11.3. The molecule has 1 unspecified atom stereocenters. The van der Waals surface area contributed by atoms with Crippen LogP contribution in [0.25, 0.3) is 22.2 Å². The minimum Gasteiger partial charge on any atom is -0.354 e. The Labute approximate surface area is 135 Å². The maximum Gasteiger partial charge on any atom is 0.0583 e. The summed E-state index contributed by atoms with van der Waals surface area (Å²) in [7, 11) is 1.94. The molecule has 3 aromatic rings. The molecule has 120 valence electrons. The van der Waals surface area contributed by atoms with Gasteiger partial charge in [0.05, 0.1) is 11.7 Å². The minimum absolute atomic E-state index is 0.548. The summed E-state index contributed by atoms with van der Waals surface area (Å²) in [6, 6.07) is 6.70. The predicted molar refractivity (Wildman–Crippen MR) is 93.2 cm³/mol. The van der Waals surface area contributed by atoms with Crippen molar-refractivity contribution in [3.63, 3.8) is 0 Å². The molecule has 0 bridgehead atoms. The van der Waals surface area contributed by atoms with Crippen LogP contribution in [0.2, 0.25) is 0 Å². The number of nitrogens with one attached hydrogen (secondary N) is 2. The Hall–Kier alpha value is -2.11. The van der Waals surface area contributed by atoms with Crippen LogP contribution in [0, 0.1) is 0 Å². The van der Waals surface area contributed by atoms with Gasteiger partial charge in [-0.25, -0.2) is 0 Å². The second kappa shape index (κ2) is 5.83. The van der Waals surface area contributed by atoms with E-state index < -0.39 is 0 Å². The lowest BCUT2D eigenvalue weighted by molar-refractivity contribution is 0.463. The third-order valence-corrected chi connectivity index (χ3v) is 4.89. The number of nitrogens with zero attached hydrogens (tertiary/aromatic N) is 2. The molecule has 3 heterocycles. The molecule has 0 saturated carbocycles. The normalized spacial score (nSPS) is 18.6. The van der Waals surface area contributed by atoms with Crippen molar-refractivity contribution in [2.45, 2.75) is 25.3 Å². The smallest absolute Gasteiger partial charge is 0.0583 e. The van der Waals surface area contributed by atoms with Gasteiger partial charge in [0, 0.05) is 43.0 Å². The molecule has 4 rings (SSSR count). The Balaban J connectivity index is 1.86. The molecule has 2 aromatic heterocycles. The topological polar surface area (TPSA) is 71.7 Å². The van der Waals surface area contributed by atoms with E-state index in [1.807, 2.05) is 24.1 Å². The molecule has 5 nitrogen and oxygen atoms in total. The molecule has 0 aliphatic carbocycles. The van der Waals surface area contributed by atoms with Gasteiger partial charge < -0.3 is 16.0 Å². The highest BCUT2D eigenvalue weighted by atomic mass is 15.2. The monoisotopic (exact) mass is 309 g/mol. The van der Waals surface area contributed by atoms with Crippen LogP contribution in [0.4, 0.5) is 0 Å². The van der Waals surface area contributed by atoms with Crippen molar-refractivity contribution in [3.8, 4) is 11.3 Å². The second-order valence-electron chi connectivity index (χ2n) is 6.44. The number of rotatable bonds is 3. The van der Waals surface area contributed by atoms with Gasteiger partial charge in [-0.15, -0.1) is 0 Å². The zero-order valence-corrected chi connectivity index (χ0v) is 13.5. The molecule has 4 N–H and O–H groups in total. The van der Waals surface area contributed by atoms with Gasteiger partial charge in [0.15, 0.2) is 0 Å². The number of nitrogens with two attached hydrogens (primary N) is 1. The largest absolute Gasteiger partial charge is 0.354 e. The lowest BCUT2D eigenvalue weighted by Crippen LogP contribution is -2.28. The number of hydrogen-bond donors (Lipinski definition) is 3. The summed E-state index contributed by atoms with van der Waals surface area (Å²) in [5.41, 5.74) is 11.9. The van der Waals surface area contributed by atoms with Crippen LogP contribution < -0.4 is 11.1 Å². The average molecular weight is 309 g/mol. The van der Waals surface area contributed by atoms with E-state index in [-0.39, 0.29) is 0 Å². The molecule has 1 aromatic carbocycles. The van der Waals surface area contributed by atoms with Crippen LogP contribution in [-0.2, 0) is 13.6 Å². The van der Waals surface area contributed by atoms with Crippen molar-refractivity contribution in [2.75, 3.05) is 13.1 Å². The SMILES string of the molecule is Cn1cc(-c2cc3c(C4CCCNC4)ccc(CN)c3[nH]2)cn1. The van der Waals surface area contributed by atoms with Gasteiger partial charge in [-0.05, 0) is 42.5 Å². The lowest BCUT2D eigenvalue weighted by atomic mass is 9.88. The third kappa shape index (κ3) is 2.56. The molecule has 0 spiro atoms. The van der Waals surface area contributed by atoms with E-state index in [9.17, 15) is 0 Å². The molecule has 1 saturated heterocycles. The quantitative estimate of drug-likeness (QED) is 0.696. The Morgan fingerprint density at radius 3 is 3.00 bits per heavy atom. The van der Waals surface area contributed by atoms with Crippen molar-refractivity contribution in [3.05, 3.63) is 41.7 Å². The fourth-order valence-corrected chi connectivity index (χ4v) is 3.66. The molecule has 1 aliphatic heterocycles. The number of hydrogen-bond acceptors (Lipinski definition) is 3. The first-order valence-corrected chi connectivity index (χ1v) is 8.30. The first kappa shape index (κ1) is 14.5. The number of fused-ring (bicyclic) bond motifs is 1. The summed E-state index contributed by atoms with van der Waals surface area (Å²) in [5.74, 6) is 0.579. The van der Waals surface area contributed by atoms with E-state index in [2.05, 4.69) is 33.6 Å². The highest BCUT2D eigenvalue weighted by Crippen LogP contribution is 2.34. The number of H-pyrrole nitrogens is 1. The van der Waals surface area contributed by atoms with Gasteiger partial charge in [-0.3, -0.25) is 4.68 Å². The van der Waals surface area contributed by atoms with Crippen LogP contribution in [0.5, 0.6) is 0 Å². The van der Waals surface area contributed by atoms with Gasteiger partial charge in [0.2, 0.25) is 0 Å². The zero-order valence-electron chi connectivity index (χ0n) is 13.5. The summed E-state index contributed by atoms with van der Waals surface area (Å²) < 4.78 is 1.83. The number of aromatic amines is 1. The highest BCUT2D eigenvalue weighted by Gasteiger charge is 2.20. The van der Waals surface area contributed by atoms with Gasteiger partial charge in [-0.2, -0.15) is 5.10 Å². The van der Waals surface area contributed by atoms with E-state index in [1.54, 1.807) is 0 Å². The van der Waals surface area contributed by atoms with E-state index in [0.717, 1.165) is 24.3 Å². The fourth-order valence-electron chi connectivity index (χ4n) is 3.66. The molecule has 0 amide bonds.